The van der Waals surface area contributed by atoms with Gasteiger partial charge >= 0.3 is 0 Å². The van der Waals surface area contributed by atoms with E-state index in [1.807, 2.05) is 36.4 Å². The summed E-state index contributed by atoms with van der Waals surface area (Å²) in [5, 5.41) is 4.95. The van der Waals surface area contributed by atoms with E-state index in [1.54, 1.807) is 0 Å². The van der Waals surface area contributed by atoms with Gasteiger partial charge in [-0.05, 0) is 99.1 Å². The van der Waals surface area contributed by atoms with Crippen LogP contribution in [0.5, 0.6) is 0 Å². The van der Waals surface area contributed by atoms with E-state index >= 15 is 0 Å². The van der Waals surface area contributed by atoms with E-state index in [-0.39, 0.29) is 0 Å². The summed E-state index contributed by atoms with van der Waals surface area (Å²) in [7, 11) is 0. The molecule has 0 atom stereocenters. The van der Waals surface area contributed by atoms with Crippen LogP contribution in [0.15, 0.2) is 237 Å². The molecule has 13 aromatic rings. The van der Waals surface area contributed by atoms with Crippen molar-refractivity contribution in [3.8, 4) is 90.0 Å². The molecule has 0 spiro atoms. The second-order valence-electron chi connectivity index (χ2n) is 17.5. The maximum absolute atomic E-state index is 5.20. The summed E-state index contributed by atoms with van der Waals surface area (Å²) in [6.07, 6.45) is 0. The number of hydrogen-bond acceptors (Lipinski definition) is 3. The Bertz CT molecular complexity index is 3980. The topological polar surface area (TPSA) is 48.5 Å². The first-order valence-corrected chi connectivity index (χ1v) is 23.1. The van der Waals surface area contributed by atoms with Crippen LogP contribution in [0.1, 0.15) is 0 Å². The fourth-order valence-corrected chi connectivity index (χ4v) is 10.7. The molecule has 3 heterocycles. The van der Waals surface area contributed by atoms with Crippen LogP contribution in [0.25, 0.3) is 134 Å². The zero-order valence-corrected chi connectivity index (χ0v) is 36.8. The molecular formula is C63H39N5. The summed E-state index contributed by atoms with van der Waals surface area (Å²) in [5.41, 5.74) is 18.9. The minimum atomic E-state index is 0.618. The molecule has 0 radical (unpaired) electrons. The molecule has 5 heteroatoms. The second kappa shape index (κ2) is 15.2. The third-order valence-corrected chi connectivity index (χ3v) is 13.7. The lowest BCUT2D eigenvalue weighted by atomic mass is 9.80. The zero-order valence-electron chi connectivity index (χ0n) is 36.8. The summed E-state index contributed by atoms with van der Waals surface area (Å²) in [6, 6.07) is 85.0. The summed E-state index contributed by atoms with van der Waals surface area (Å²) in [4.78, 5) is 15.4. The first-order valence-electron chi connectivity index (χ1n) is 23.1. The van der Waals surface area contributed by atoms with Crippen molar-refractivity contribution < 1.29 is 0 Å². The first-order chi connectivity index (χ1) is 33.7. The highest BCUT2D eigenvalue weighted by molar-refractivity contribution is 6.11. The highest BCUT2D eigenvalue weighted by atomic mass is 15.0. The van der Waals surface area contributed by atoms with E-state index in [4.69, 9.17) is 15.0 Å². The fourth-order valence-electron chi connectivity index (χ4n) is 10.7. The van der Waals surface area contributed by atoms with Crippen LogP contribution in [0.2, 0.25) is 0 Å². The Morgan fingerprint density at radius 3 is 0.971 bits per heavy atom. The minimum Gasteiger partial charge on any atom is -0.309 e. The molecule has 0 N–H and O–H groups in total. The molecule has 0 bridgehead atoms. The van der Waals surface area contributed by atoms with Gasteiger partial charge in [-0.25, -0.2) is 15.0 Å². The van der Waals surface area contributed by atoms with E-state index in [0.29, 0.717) is 17.5 Å². The first kappa shape index (κ1) is 38.1. The number of rotatable bonds is 5. The van der Waals surface area contributed by atoms with E-state index < -0.39 is 0 Å². The van der Waals surface area contributed by atoms with Crippen molar-refractivity contribution in [1.29, 1.82) is 0 Å². The summed E-state index contributed by atoms with van der Waals surface area (Å²) in [6.45, 7) is 0. The number of hydrogen-bond donors (Lipinski definition) is 0. The van der Waals surface area contributed by atoms with Crippen LogP contribution in [0.4, 0.5) is 0 Å². The Kier molecular flexibility index (Phi) is 8.52. The molecule has 1 aliphatic carbocycles. The van der Waals surface area contributed by atoms with Crippen LogP contribution >= 0.6 is 0 Å². The van der Waals surface area contributed by atoms with Gasteiger partial charge in [-0.15, -0.1) is 0 Å². The van der Waals surface area contributed by atoms with Crippen molar-refractivity contribution in [2.45, 2.75) is 0 Å². The van der Waals surface area contributed by atoms with E-state index in [2.05, 4.69) is 209 Å². The van der Waals surface area contributed by atoms with Crippen molar-refractivity contribution in [3.63, 3.8) is 0 Å². The van der Waals surface area contributed by atoms with Crippen LogP contribution in [-0.2, 0) is 0 Å². The molecule has 0 amide bonds. The maximum Gasteiger partial charge on any atom is 0.164 e. The van der Waals surface area contributed by atoms with Gasteiger partial charge in [0.2, 0.25) is 0 Å². The predicted molar refractivity (Wildman–Crippen MR) is 280 cm³/mol. The molecule has 0 saturated heterocycles. The Morgan fingerprint density at radius 1 is 0.221 bits per heavy atom. The third-order valence-electron chi connectivity index (χ3n) is 13.7. The lowest BCUT2D eigenvalue weighted by Crippen LogP contribution is -2.03. The molecule has 1 aliphatic rings. The largest absolute Gasteiger partial charge is 0.309 e. The van der Waals surface area contributed by atoms with Gasteiger partial charge in [-0.2, -0.15) is 0 Å². The van der Waals surface area contributed by atoms with Crippen LogP contribution in [0, 0.1) is 0 Å². The Balaban J connectivity index is 1.05. The average Bonchev–Trinajstić information content (AvgIpc) is 3.94. The van der Waals surface area contributed by atoms with Gasteiger partial charge < -0.3 is 9.13 Å². The molecule has 0 fully saturated rings. The van der Waals surface area contributed by atoms with Gasteiger partial charge in [0.15, 0.2) is 17.5 Å². The van der Waals surface area contributed by atoms with Crippen molar-refractivity contribution in [3.05, 3.63) is 237 Å². The molecule has 0 saturated carbocycles. The van der Waals surface area contributed by atoms with Gasteiger partial charge in [-0.1, -0.05) is 182 Å². The van der Waals surface area contributed by atoms with Crippen molar-refractivity contribution in [1.82, 2.24) is 24.1 Å². The number of fused-ring (bicyclic) bond motifs is 14. The molecular weight excluding hydrogens is 827 g/mol. The molecule has 316 valence electrons. The van der Waals surface area contributed by atoms with Crippen LogP contribution in [-0.4, -0.2) is 24.1 Å². The molecule has 14 rings (SSSR count). The molecule has 0 unspecified atom stereocenters. The lowest BCUT2D eigenvalue weighted by molar-refractivity contribution is 1.07. The van der Waals surface area contributed by atoms with Crippen molar-refractivity contribution >= 4 is 43.6 Å². The average molecular weight is 866 g/mol. The maximum atomic E-state index is 5.20. The van der Waals surface area contributed by atoms with Gasteiger partial charge in [-0.3, -0.25) is 0 Å². The normalized spacial score (nSPS) is 11.8. The number of aromatic nitrogens is 5. The Labute approximate surface area is 392 Å². The fraction of sp³-hybridized carbons (Fsp3) is 0. The monoisotopic (exact) mass is 865 g/mol. The standard InChI is InChI=1S/C63H39N5/c1-3-17-40(18-4-1)61-64-62(41-19-5-2-6-20-41)66-63(65-61)42-31-34-47-45-21-7-8-22-46(45)55-38-43(67-57-27-13-9-23-50(57)51-24-10-14-28-58(51)67)32-35-48(55)49-36-33-44(39-56(49)54(47)37-42)68-59-29-15-11-25-52(59)53-26-12-16-30-60(53)68/h1-39H. The van der Waals surface area contributed by atoms with E-state index in [1.165, 1.54) is 60.3 Å². The number of nitrogens with zero attached hydrogens (tertiary/aromatic N) is 5. The van der Waals surface area contributed by atoms with Gasteiger partial charge in [0.25, 0.3) is 0 Å². The number of benzene rings is 10. The van der Waals surface area contributed by atoms with Crippen molar-refractivity contribution in [2.24, 2.45) is 0 Å². The molecule has 10 aromatic carbocycles. The van der Waals surface area contributed by atoms with Gasteiger partial charge in [0, 0.05) is 49.6 Å². The minimum absolute atomic E-state index is 0.618. The molecule has 0 aliphatic heterocycles. The van der Waals surface area contributed by atoms with Gasteiger partial charge in [0.05, 0.1) is 22.1 Å². The lowest BCUT2D eigenvalue weighted by Gasteiger charge is -2.25. The molecule has 3 aromatic heterocycles. The van der Waals surface area contributed by atoms with Crippen LogP contribution in [0.3, 0.4) is 0 Å². The molecule has 5 nitrogen and oxygen atoms in total. The number of para-hydroxylation sites is 4. The Hall–Kier alpha value is -9.19. The molecule has 68 heavy (non-hydrogen) atoms. The van der Waals surface area contributed by atoms with Crippen LogP contribution < -0.4 is 0 Å². The zero-order chi connectivity index (χ0) is 44.7. The van der Waals surface area contributed by atoms with Crippen molar-refractivity contribution in [2.75, 3.05) is 0 Å². The van der Waals surface area contributed by atoms with E-state index in [9.17, 15) is 0 Å². The third kappa shape index (κ3) is 5.93. The highest BCUT2D eigenvalue weighted by Gasteiger charge is 2.26. The second-order valence-corrected chi connectivity index (χ2v) is 17.5. The Morgan fingerprint density at radius 2 is 0.529 bits per heavy atom. The predicted octanol–water partition coefficient (Wildman–Crippen LogP) is 16.0. The summed E-state index contributed by atoms with van der Waals surface area (Å²) in [5.74, 6) is 1.88. The SMILES string of the molecule is c1ccc(-c2nc(-c3ccccc3)nc(-c3ccc4c(c3)-c3cc(-n5c6ccccc6c6ccccc65)ccc3-c3ccc(-n5c6ccccc6c6ccccc65)cc3-c3ccccc3-4)n2)cc1. The quantitative estimate of drug-likeness (QED) is 0.173. The smallest absolute Gasteiger partial charge is 0.164 e. The van der Waals surface area contributed by atoms with E-state index in [0.717, 1.165) is 55.9 Å². The highest BCUT2D eigenvalue weighted by Crippen LogP contribution is 2.50. The van der Waals surface area contributed by atoms with Gasteiger partial charge in [0.1, 0.15) is 0 Å². The summed E-state index contributed by atoms with van der Waals surface area (Å²) < 4.78 is 4.83. The summed E-state index contributed by atoms with van der Waals surface area (Å²) >= 11 is 0.